The second kappa shape index (κ2) is 8.94. The smallest absolute Gasteiger partial charge is 0.261 e. The van der Waals surface area contributed by atoms with Gasteiger partial charge in [-0.1, -0.05) is 12.1 Å². The molecule has 0 bridgehead atoms. The molecule has 5 rings (SSSR count). The van der Waals surface area contributed by atoms with Gasteiger partial charge in [-0.2, -0.15) is 0 Å². The van der Waals surface area contributed by atoms with Crippen LogP contribution in [-0.4, -0.2) is 69.1 Å². The van der Waals surface area contributed by atoms with Crippen LogP contribution in [-0.2, 0) is 11.2 Å². The molecule has 2 fully saturated rings. The van der Waals surface area contributed by atoms with Crippen LogP contribution in [0.15, 0.2) is 41.5 Å². The van der Waals surface area contributed by atoms with E-state index in [9.17, 15) is 19.8 Å². The maximum Gasteiger partial charge on any atom is 0.261 e. The quantitative estimate of drug-likeness (QED) is 0.611. The SMILES string of the molecule is Cc1c(Cc2ccc(C(=O)N3CC(O)C3)cc2)cc2c(=O)n([C@H]3CCOC[C@@H]3O)cnc2c1C. The van der Waals surface area contributed by atoms with Crippen LogP contribution in [0.4, 0.5) is 0 Å². The van der Waals surface area contributed by atoms with E-state index in [4.69, 9.17) is 4.74 Å². The molecule has 1 aromatic heterocycles. The van der Waals surface area contributed by atoms with Gasteiger partial charge in [0.2, 0.25) is 0 Å². The number of carbonyl (C=O) groups is 1. The summed E-state index contributed by atoms with van der Waals surface area (Å²) in [5, 5.41) is 20.3. The zero-order valence-electron chi connectivity index (χ0n) is 19.4. The van der Waals surface area contributed by atoms with Crippen molar-refractivity contribution in [2.75, 3.05) is 26.3 Å². The van der Waals surface area contributed by atoms with Crippen LogP contribution in [0.2, 0.25) is 0 Å². The summed E-state index contributed by atoms with van der Waals surface area (Å²) in [5.41, 5.74) is 5.24. The van der Waals surface area contributed by atoms with Crippen molar-refractivity contribution in [1.29, 1.82) is 0 Å². The van der Waals surface area contributed by atoms with Crippen molar-refractivity contribution >= 4 is 16.8 Å². The first kappa shape index (κ1) is 22.7. The average Bonchev–Trinajstić information content (AvgIpc) is 2.81. The van der Waals surface area contributed by atoms with Crippen LogP contribution >= 0.6 is 0 Å². The lowest BCUT2D eigenvalue weighted by molar-refractivity contribution is -0.0395. The molecule has 0 spiro atoms. The number of nitrogens with zero attached hydrogens (tertiary/aromatic N) is 3. The number of hydrogen-bond acceptors (Lipinski definition) is 6. The van der Waals surface area contributed by atoms with Gasteiger partial charge in [0.05, 0.1) is 42.1 Å². The molecule has 8 nitrogen and oxygen atoms in total. The molecule has 3 heterocycles. The molecule has 3 aromatic rings. The van der Waals surface area contributed by atoms with E-state index >= 15 is 0 Å². The molecular weight excluding hydrogens is 434 g/mol. The van der Waals surface area contributed by atoms with Gasteiger partial charge in [-0.05, 0) is 67.1 Å². The fourth-order valence-electron chi connectivity index (χ4n) is 4.86. The highest BCUT2D eigenvalue weighted by Gasteiger charge is 2.29. The van der Waals surface area contributed by atoms with E-state index in [0.29, 0.717) is 49.0 Å². The molecule has 2 atom stereocenters. The van der Waals surface area contributed by atoms with Crippen molar-refractivity contribution in [3.63, 3.8) is 0 Å². The normalized spacial score (nSPS) is 21.0. The largest absolute Gasteiger partial charge is 0.389 e. The number of benzene rings is 2. The Morgan fingerprint density at radius 2 is 1.88 bits per heavy atom. The minimum atomic E-state index is -0.738. The highest BCUT2D eigenvalue weighted by molar-refractivity contribution is 5.94. The Labute approximate surface area is 197 Å². The molecule has 2 N–H and O–H groups in total. The molecule has 0 radical (unpaired) electrons. The molecule has 2 aromatic carbocycles. The molecule has 8 heteroatoms. The monoisotopic (exact) mass is 463 g/mol. The summed E-state index contributed by atoms with van der Waals surface area (Å²) in [6.07, 6.45) is 1.57. The number of carbonyl (C=O) groups excluding carboxylic acids is 1. The van der Waals surface area contributed by atoms with E-state index < -0.39 is 12.2 Å². The Morgan fingerprint density at radius 3 is 2.56 bits per heavy atom. The second-order valence-corrected chi connectivity index (χ2v) is 9.37. The fourth-order valence-corrected chi connectivity index (χ4v) is 4.86. The predicted molar refractivity (Wildman–Crippen MR) is 127 cm³/mol. The Bertz CT molecular complexity index is 1290. The van der Waals surface area contributed by atoms with Gasteiger partial charge in [-0.3, -0.25) is 14.2 Å². The first-order chi connectivity index (χ1) is 16.3. The van der Waals surface area contributed by atoms with Crippen molar-refractivity contribution < 1.29 is 19.7 Å². The summed E-state index contributed by atoms with van der Waals surface area (Å²) in [6, 6.07) is 9.06. The van der Waals surface area contributed by atoms with Crippen molar-refractivity contribution in [3.05, 3.63) is 74.8 Å². The number of aromatic nitrogens is 2. The first-order valence-electron chi connectivity index (χ1n) is 11.7. The van der Waals surface area contributed by atoms with Crippen LogP contribution < -0.4 is 5.56 Å². The van der Waals surface area contributed by atoms with E-state index in [0.717, 1.165) is 22.3 Å². The Kier molecular flexibility index (Phi) is 5.97. The maximum atomic E-state index is 13.4. The molecule has 0 unspecified atom stereocenters. The van der Waals surface area contributed by atoms with E-state index in [1.807, 2.05) is 44.2 Å². The number of ether oxygens (including phenoxy) is 1. The van der Waals surface area contributed by atoms with Gasteiger partial charge in [-0.15, -0.1) is 0 Å². The minimum absolute atomic E-state index is 0.0727. The van der Waals surface area contributed by atoms with Crippen LogP contribution in [0.1, 0.15) is 45.1 Å². The summed E-state index contributed by atoms with van der Waals surface area (Å²) in [7, 11) is 0. The topological polar surface area (TPSA) is 105 Å². The zero-order valence-corrected chi connectivity index (χ0v) is 19.4. The summed E-state index contributed by atoms with van der Waals surface area (Å²) in [5.74, 6) is -0.0727. The number of aliphatic hydroxyl groups excluding tert-OH is 2. The third-order valence-electron chi connectivity index (χ3n) is 7.14. The van der Waals surface area contributed by atoms with Gasteiger partial charge < -0.3 is 19.8 Å². The standard InChI is InChI=1S/C26H29N3O5/c1-15-16(2)24-21(26(33)29(14-27-24)22-7-8-34-13-23(22)31)10-19(15)9-17-3-5-18(6-4-17)25(32)28-11-20(30)12-28/h3-6,10,14,20,22-23,30-31H,7-9,11-13H2,1-2H3/t22-,23-/m0/s1. The zero-order chi connectivity index (χ0) is 24.0. The number of amides is 1. The van der Waals surface area contributed by atoms with Gasteiger partial charge in [0.25, 0.3) is 11.5 Å². The number of hydrogen-bond donors (Lipinski definition) is 2. The molecule has 2 saturated heterocycles. The Balaban J connectivity index is 1.45. The number of aryl methyl sites for hydroxylation is 1. The predicted octanol–water partition coefficient (Wildman–Crippen LogP) is 1.74. The lowest BCUT2D eigenvalue weighted by Crippen LogP contribution is -2.53. The van der Waals surface area contributed by atoms with E-state index in [1.165, 1.54) is 0 Å². The highest BCUT2D eigenvalue weighted by atomic mass is 16.5. The van der Waals surface area contributed by atoms with Gasteiger partial charge in [0.1, 0.15) is 0 Å². The maximum absolute atomic E-state index is 13.4. The van der Waals surface area contributed by atoms with E-state index in [1.54, 1.807) is 15.8 Å². The molecular formula is C26H29N3O5. The molecule has 1 amide bonds. The van der Waals surface area contributed by atoms with Crippen molar-refractivity contribution in [2.24, 2.45) is 0 Å². The van der Waals surface area contributed by atoms with Gasteiger partial charge in [0, 0.05) is 25.3 Å². The summed E-state index contributed by atoms with van der Waals surface area (Å²) in [6.45, 7) is 5.49. The van der Waals surface area contributed by atoms with Gasteiger partial charge >= 0.3 is 0 Å². The molecule has 2 aliphatic rings. The Morgan fingerprint density at radius 1 is 1.15 bits per heavy atom. The Hall–Kier alpha value is -3.07. The molecule has 34 heavy (non-hydrogen) atoms. The van der Waals surface area contributed by atoms with Crippen LogP contribution in [0.3, 0.4) is 0 Å². The number of β-amino-alcohol motifs (C(OH)–C–C–N with tert-alkyl or cyclic N) is 1. The van der Waals surface area contributed by atoms with Gasteiger partial charge in [-0.25, -0.2) is 4.98 Å². The van der Waals surface area contributed by atoms with Crippen LogP contribution in [0.25, 0.3) is 10.9 Å². The van der Waals surface area contributed by atoms with Crippen molar-refractivity contribution in [3.8, 4) is 0 Å². The number of fused-ring (bicyclic) bond motifs is 1. The van der Waals surface area contributed by atoms with Gasteiger partial charge in [0.15, 0.2) is 0 Å². The minimum Gasteiger partial charge on any atom is -0.389 e. The van der Waals surface area contributed by atoms with Crippen LogP contribution in [0.5, 0.6) is 0 Å². The second-order valence-electron chi connectivity index (χ2n) is 9.37. The lowest BCUT2D eigenvalue weighted by Gasteiger charge is -2.35. The van der Waals surface area contributed by atoms with Crippen molar-refractivity contribution in [1.82, 2.24) is 14.5 Å². The van der Waals surface area contributed by atoms with E-state index in [2.05, 4.69) is 4.98 Å². The lowest BCUT2D eigenvalue weighted by atomic mass is 9.94. The number of likely N-dealkylation sites (tertiary alicyclic amines) is 1. The third-order valence-corrected chi connectivity index (χ3v) is 7.14. The summed E-state index contributed by atoms with van der Waals surface area (Å²) in [4.78, 5) is 32.1. The highest BCUT2D eigenvalue weighted by Crippen LogP contribution is 2.26. The average molecular weight is 464 g/mol. The number of rotatable bonds is 4. The summed E-state index contributed by atoms with van der Waals surface area (Å²) < 4.78 is 6.85. The fraction of sp³-hybridized carbons (Fsp3) is 0.423. The molecule has 2 aliphatic heterocycles. The third kappa shape index (κ3) is 4.02. The number of aliphatic hydroxyl groups is 2. The first-order valence-corrected chi connectivity index (χ1v) is 11.7. The molecule has 0 saturated carbocycles. The molecule has 178 valence electrons. The summed E-state index contributed by atoms with van der Waals surface area (Å²) >= 11 is 0. The molecule has 0 aliphatic carbocycles. The van der Waals surface area contributed by atoms with E-state index in [-0.39, 0.29) is 24.1 Å². The van der Waals surface area contributed by atoms with Crippen LogP contribution in [0, 0.1) is 13.8 Å². The van der Waals surface area contributed by atoms with Crippen molar-refractivity contribution in [2.45, 2.75) is 44.9 Å².